The van der Waals surface area contributed by atoms with E-state index in [4.69, 9.17) is 9.47 Å². The molecule has 4 atom stereocenters. The van der Waals surface area contributed by atoms with Crippen molar-refractivity contribution in [1.29, 1.82) is 0 Å². The predicted octanol–water partition coefficient (Wildman–Crippen LogP) is 2.33. The van der Waals surface area contributed by atoms with E-state index in [1.807, 2.05) is 6.92 Å². The van der Waals surface area contributed by atoms with Crippen LogP contribution in [0.1, 0.15) is 46.0 Å². The number of ketones is 1. The Hall–Kier alpha value is -0.410. The van der Waals surface area contributed by atoms with Gasteiger partial charge in [0.1, 0.15) is 6.10 Å². The van der Waals surface area contributed by atoms with Crippen molar-refractivity contribution in [3.8, 4) is 0 Å². The van der Waals surface area contributed by atoms with E-state index in [9.17, 15) is 4.79 Å². The quantitative estimate of drug-likeness (QED) is 0.738. The number of hydrogen-bond donors (Lipinski definition) is 0. The Bertz CT molecular complexity index is 252. The standard InChI is InChI=1S/C13H22O3/c1-3-15-13-10(14)8-12(13)16-11-7-5-4-6-9(11)2/h9,11-13H,3-8H2,1-2H3. The van der Waals surface area contributed by atoms with Crippen LogP contribution in [-0.2, 0) is 14.3 Å². The maximum absolute atomic E-state index is 11.3. The molecule has 2 fully saturated rings. The van der Waals surface area contributed by atoms with Crippen molar-refractivity contribution in [1.82, 2.24) is 0 Å². The third-order valence-corrected chi connectivity index (χ3v) is 3.79. The van der Waals surface area contributed by atoms with E-state index >= 15 is 0 Å². The zero-order chi connectivity index (χ0) is 11.5. The lowest BCUT2D eigenvalue weighted by Gasteiger charge is -2.39. The summed E-state index contributed by atoms with van der Waals surface area (Å²) in [6, 6.07) is 0. The minimum absolute atomic E-state index is 0.0259. The molecule has 0 aromatic carbocycles. The molecule has 92 valence electrons. The average molecular weight is 226 g/mol. The number of ether oxygens (including phenoxy) is 2. The summed E-state index contributed by atoms with van der Waals surface area (Å²) in [5.74, 6) is 0.835. The number of hydrogen-bond acceptors (Lipinski definition) is 3. The molecule has 2 rings (SSSR count). The van der Waals surface area contributed by atoms with Gasteiger partial charge in [-0.25, -0.2) is 0 Å². The minimum Gasteiger partial charge on any atom is -0.371 e. The van der Waals surface area contributed by atoms with Gasteiger partial charge in [-0.3, -0.25) is 4.79 Å². The van der Waals surface area contributed by atoms with Crippen molar-refractivity contribution < 1.29 is 14.3 Å². The third-order valence-electron chi connectivity index (χ3n) is 3.79. The first kappa shape index (κ1) is 12.1. The van der Waals surface area contributed by atoms with Crippen molar-refractivity contribution in [3.05, 3.63) is 0 Å². The number of carbonyl (C=O) groups excluding carboxylic acids is 1. The van der Waals surface area contributed by atoms with Gasteiger partial charge in [0.2, 0.25) is 0 Å². The van der Waals surface area contributed by atoms with Crippen LogP contribution in [0.2, 0.25) is 0 Å². The molecule has 2 aliphatic rings. The molecule has 2 saturated carbocycles. The van der Waals surface area contributed by atoms with E-state index in [1.54, 1.807) is 0 Å². The minimum atomic E-state index is -0.279. The van der Waals surface area contributed by atoms with Gasteiger partial charge in [0.05, 0.1) is 12.2 Å². The van der Waals surface area contributed by atoms with Crippen LogP contribution in [0.3, 0.4) is 0 Å². The van der Waals surface area contributed by atoms with E-state index in [0.717, 1.165) is 6.42 Å². The molecule has 4 unspecified atom stereocenters. The highest BCUT2D eigenvalue weighted by molar-refractivity contribution is 5.90. The van der Waals surface area contributed by atoms with Gasteiger partial charge in [-0.1, -0.05) is 19.8 Å². The molecule has 0 aliphatic heterocycles. The molecule has 16 heavy (non-hydrogen) atoms. The second-order valence-corrected chi connectivity index (χ2v) is 5.02. The van der Waals surface area contributed by atoms with Crippen LogP contribution in [0.5, 0.6) is 0 Å². The summed E-state index contributed by atoms with van der Waals surface area (Å²) < 4.78 is 11.4. The van der Waals surface area contributed by atoms with Crippen LogP contribution in [0.4, 0.5) is 0 Å². The number of carbonyl (C=O) groups is 1. The Labute approximate surface area is 97.5 Å². The molecule has 0 bridgehead atoms. The smallest absolute Gasteiger partial charge is 0.166 e. The van der Waals surface area contributed by atoms with Gasteiger partial charge >= 0.3 is 0 Å². The summed E-state index contributed by atoms with van der Waals surface area (Å²) >= 11 is 0. The number of rotatable bonds is 4. The molecule has 0 heterocycles. The molecule has 2 aliphatic carbocycles. The van der Waals surface area contributed by atoms with Crippen molar-refractivity contribution in [2.45, 2.75) is 64.3 Å². The molecule has 0 aromatic heterocycles. The van der Waals surface area contributed by atoms with Crippen LogP contribution in [0.15, 0.2) is 0 Å². The monoisotopic (exact) mass is 226 g/mol. The van der Waals surface area contributed by atoms with Crippen molar-refractivity contribution >= 4 is 5.78 Å². The highest BCUT2D eigenvalue weighted by Crippen LogP contribution is 2.32. The normalized spacial score (nSPS) is 39.5. The molecule has 0 spiro atoms. The molecule has 0 aromatic rings. The molecule has 3 nitrogen and oxygen atoms in total. The van der Waals surface area contributed by atoms with Crippen molar-refractivity contribution in [2.24, 2.45) is 5.92 Å². The molecular weight excluding hydrogens is 204 g/mol. The molecule has 0 N–H and O–H groups in total. The van der Waals surface area contributed by atoms with Crippen LogP contribution in [-0.4, -0.2) is 30.7 Å². The lowest BCUT2D eigenvalue weighted by molar-refractivity contribution is -0.179. The van der Waals surface area contributed by atoms with Crippen molar-refractivity contribution in [3.63, 3.8) is 0 Å². The molecule has 0 radical (unpaired) electrons. The van der Waals surface area contributed by atoms with Crippen molar-refractivity contribution in [2.75, 3.05) is 6.61 Å². The second-order valence-electron chi connectivity index (χ2n) is 5.02. The Morgan fingerprint density at radius 2 is 2.00 bits per heavy atom. The van der Waals surface area contributed by atoms with Gasteiger partial charge in [-0.15, -0.1) is 0 Å². The maximum atomic E-state index is 11.3. The summed E-state index contributed by atoms with van der Waals surface area (Å²) in [7, 11) is 0. The van der Waals surface area contributed by atoms with E-state index in [0.29, 0.717) is 25.0 Å². The van der Waals surface area contributed by atoms with Gasteiger partial charge < -0.3 is 9.47 Å². The first-order valence-electron chi connectivity index (χ1n) is 6.52. The fraction of sp³-hybridized carbons (Fsp3) is 0.923. The fourth-order valence-electron chi connectivity index (χ4n) is 2.68. The Kier molecular flexibility index (Phi) is 3.98. The second kappa shape index (κ2) is 5.28. The highest BCUT2D eigenvalue weighted by Gasteiger charge is 2.43. The van der Waals surface area contributed by atoms with Gasteiger partial charge in [0.15, 0.2) is 5.78 Å². The number of Topliss-reactive ketones (excluding diaryl/α,β-unsaturated/α-hetero) is 1. The van der Waals surface area contributed by atoms with E-state index in [-0.39, 0.29) is 18.0 Å². The van der Waals surface area contributed by atoms with Crippen LogP contribution >= 0.6 is 0 Å². The van der Waals surface area contributed by atoms with E-state index in [1.165, 1.54) is 19.3 Å². The highest BCUT2D eigenvalue weighted by atomic mass is 16.6. The Morgan fingerprint density at radius 3 is 2.62 bits per heavy atom. The van der Waals surface area contributed by atoms with Gasteiger partial charge in [0.25, 0.3) is 0 Å². The topological polar surface area (TPSA) is 35.5 Å². The molecule has 0 saturated heterocycles. The van der Waals surface area contributed by atoms with Gasteiger partial charge in [-0.2, -0.15) is 0 Å². The van der Waals surface area contributed by atoms with Gasteiger partial charge in [-0.05, 0) is 25.7 Å². The Morgan fingerprint density at radius 1 is 1.25 bits per heavy atom. The SMILES string of the molecule is CCOC1C(=O)CC1OC1CCCCC1C. The summed E-state index contributed by atoms with van der Waals surface area (Å²) in [5, 5.41) is 0. The summed E-state index contributed by atoms with van der Waals surface area (Å²) in [6.45, 7) is 4.77. The lowest BCUT2D eigenvalue weighted by atomic mass is 9.85. The zero-order valence-corrected chi connectivity index (χ0v) is 10.3. The molecule has 3 heteroatoms. The maximum Gasteiger partial charge on any atom is 0.166 e. The summed E-state index contributed by atoms with van der Waals surface area (Å²) in [6.07, 6.45) is 5.62. The largest absolute Gasteiger partial charge is 0.371 e. The first-order valence-corrected chi connectivity index (χ1v) is 6.52. The molecule has 0 amide bonds. The van der Waals surface area contributed by atoms with Gasteiger partial charge in [0, 0.05) is 13.0 Å². The summed E-state index contributed by atoms with van der Waals surface area (Å²) in [5.41, 5.74) is 0. The lowest BCUT2D eigenvalue weighted by Crippen LogP contribution is -2.52. The van der Waals surface area contributed by atoms with E-state index in [2.05, 4.69) is 6.92 Å². The van der Waals surface area contributed by atoms with Crippen LogP contribution in [0, 0.1) is 5.92 Å². The predicted molar refractivity (Wildman–Crippen MR) is 61.3 cm³/mol. The molecular formula is C13H22O3. The third kappa shape index (κ3) is 2.46. The van der Waals surface area contributed by atoms with E-state index < -0.39 is 0 Å². The average Bonchev–Trinajstić information content (AvgIpc) is 2.28. The summed E-state index contributed by atoms with van der Waals surface area (Å²) in [4.78, 5) is 11.3. The van der Waals surface area contributed by atoms with Crippen LogP contribution in [0.25, 0.3) is 0 Å². The first-order chi connectivity index (χ1) is 7.72. The van der Waals surface area contributed by atoms with Crippen LogP contribution < -0.4 is 0 Å². The fourth-order valence-corrected chi connectivity index (χ4v) is 2.68. The Balaban J connectivity index is 1.82. The zero-order valence-electron chi connectivity index (χ0n) is 10.3.